The number of aromatic nitrogens is 1. The fourth-order valence-corrected chi connectivity index (χ4v) is 4.85. The summed E-state index contributed by atoms with van der Waals surface area (Å²) in [5.41, 5.74) is 1.57. The highest BCUT2D eigenvalue weighted by Crippen LogP contribution is 2.26. The Hall–Kier alpha value is -1.21. The third-order valence-electron chi connectivity index (χ3n) is 3.95. The molecular weight excluding hydrogens is 334 g/mol. The third-order valence-corrected chi connectivity index (χ3v) is 5.82. The van der Waals surface area contributed by atoms with Gasteiger partial charge in [-0.15, -0.1) is 12.4 Å². The second-order valence-electron chi connectivity index (χ2n) is 6.13. The average Bonchev–Trinajstić information content (AvgIpc) is 2.45. The summed E-state index contributed by atoms with van der Waals surface area (Å²) in [5.74, 6) is 0. The highest BCUT2D eigenvalue weighted by molar-refractivity contribution is 7.89. The van der Waals surface area contributed by atoms with Gasteiger partial charge >= 0.3 is 0 Å². The van der Waals surface area contributed by atoms with Gasteiger partial charge in [0.25, 0.3) is 0 Å². The molecule has 1 fully saturated rings. The number of piperazine rings is 1. The van der Waals surface area contributed by atoms with E-state index in [9.17, 15) is 8.42 Å². The normalized spacial score (nSPS) is 22.7. The van der Waals surface area contributed by atoms with Crippen molar-refractivity contribution < 1.29 is 8.42 Å². The van der Waals surface area contributed by atoms with Crippen LogP contribution in [0.2, 0.25) is 0 Å². The van der Waals surface area contributed by atoms with E-state index in [0.29, 0.717) is 23.5 Å². The van der Waals surface area contributed by atoms with E-state index < -0.39 is 10.0 Å². The summed E-state index contributed by atoms with van der Waals surface area (Å²) in [6.45, 7) is 6.92. The summed E-state index contributed by atoms with van der Waals surface area (Å²) < 4.78 is 27.6. The molecule has 126 valence electrons. The Morgan fingerprint density at radius 3 is 2.52 bits per heavy atom. The summed E-state index contributed by atoms with van der Waals surface area (Å²) in [6, 6.07) is 7.58. The number of halogens is 1. The van der Waals surface area contributed by atoms with Crippen molar-refractivity contribution in [3.8, 4) is 0 Å². The van der Waals surface area contributed by atoms with Gasteiger partial charge in [-0.25, -0.2) is 8.42 Å². The lowest BCUT2D eigenvalue weighted by molar-refractivity contribution is 0.263. The molecule has 0 radical (unpaired) electrons. The maximum Gasteiger partial charge on any atom is 0.245 e. The Balaban J connectivity index is 0.00000192. The molecule has 3 rings (SSSR count). The van der Waals surface area contributed by atoms with E-state index in [2.05, 4.69) is 10.3 Å². The Morgan fingerprint density at radius 1 is 1.22 bits per heavy atom. The van der Waals surface area contributed by atoms with Crippen LogP contribution in [0.5, 0.6) is 0 Å². The van der Waals surface area contributed by atoms with Gasteiger partial charge in [-0.3, -0.25) is 4.98 Å². The number of fused-ring (bicyclic) bond motifs is 1. The summed E-state index contributed by atoms with van der Waals surface area (Å²) in [4.78, 5) is 4.66. The number of hydrogen-bond donors (Lipinski definition) is 1. The molecular formula is C16H22ClN3O2S. The predicted octanol–water partition coefficient (Wildman–Crippen LogP) is 2.34. The molecule has 0 saturated carbocycles. The molecule has 0 aliphatic carbocycles. The second-order valence-corrected chi connectivity index (χ2v) is 8.04. The molecule has 0 spiro atoms. The van der Waals surface area contributed by atoms with E-state index in [1.165, 1.54) is 0 Å². The largest absolute Gasteiger partial charge is 0.309 e. The van der Waals surface area contributed by atoms with Crippen LogP contribution in [0.3, 0.4) is 0 Å². The van der Waals surface area contributed by atoms with Crippen LogP contribution in [0.15, 0.2) is 35.4 Å². The Morgan fingerprint density at radius 2 is 1.87 bits per heavy atom. The summed E-state index contributed by atoms with van der Waals surface area (Å²) >= 11 is 0. The van der Waals surface area contributed by atoms with Crippen molar-refractivity contribution in [3.05, 3.63) is 36.0 Å². The van der Waals surface area contributed by atoms with Crippen LogP contribution >= 0.6 is 12.4 Å². The first-order chi connectivity index (χ1) is 10.4. The molecule has 2 heterocycles. The highest BCUT2D eigenvalue weighted by Gasteiger charge is 2.32. The molecule has 1 aliphatic heterocycles. The smallest absolute Gasteiger partial charge is 0.245 e. The number of hydrogen-bond acceptors (Lipinski definition) is 4. The Kier molecular flexibility index (Phi) is 5.30. The number of para-hydroxylation sites is 1. The number of sulfonamides is 1. The first kappa shape index (κ1) is 18.1. The van der Waals surface area contributed by atoms with E-state index in [4.69, 9.17) is 0 Å². The minimum absolute atomic E-state index is 0. The monoisotopic (exact) mass is 355 g/mol. The highest BCUT2D eigenvalue weighted by atomic mass is 35.5. The van der Waals surface area contributed by atoms with E-state index >= 15 is 0 Å². The molecule has 1 saturated heterocycles. The molecule has 23 heavy (non-hydrogen) atoms. The molecule has 0 amide bonds. The first-order valence-corrected chi connectivity index (χ1v) is 8.93. The van der Waals surface area contributed by atoms with Crippen LogP contribution in [0, 0.1) is 6.92 Å². The van der Waals surface area contributed by atoms with E-state index in [1.807, 2.05) is 32.9 Å². The van der Waals surface area contributed by atoms with Crippen molar-refractivity contribution in [2.45, 2.75) is 37.8 Å². The van der Waals surface area contributed by atoms with Crippen LogP contribution in [0.25, 0.3) is 10.9 Å². The SMILES string of the molecule is Cc1cnc2c(S(=O)(=O)N3CC(C)NC(C)C3)cccc2c1.Cl. The Labute approximate surface area is 143 Å². The minimum Gasteiger partial charge on any atom is -0.309 e. The zero-order valence-corrected chi connectivity index (χ0v) is 15.1. The van der Waals surface area contributed by atoms with Crippen LogP contribution in [0.1, 0.15) is 19.4 Å². The van der Waals surface area contributed by atoms with Gasteiger partial charge < -0.3 is 5.32 Å². The van der Waals surface area contributed by atoms with E-state index in [-0.39, 0.29) is 24.5 Å². The zero-order valence-electron chi connectivity index (χ0n) is 13.5. The van der Waals surface area contributed by atoms with Gasteiger partial charge in [-0.1, -0.05) is 12.1 Å². The number of nitrogens with one attached hydrogen (secondary N) is 1. The van der Waals surface area contributed by atoms with Crippen molar-refractivity contribution >= 4 is 33.3 Å². The van der Waals surface area contributed by atoms with Crippen LogP contribution in [0.4, 0.5) is 0 Å². The van der Waals surface area contributed by atoms with Crippen LogP contribution in [-0.4, -0.2) is 42.9 Å². The van der Waals surface area contributed by atoms with Crippen LogP contribution in [-0.2, 0) is 10.0 Å². The van der Waals surface area contributed by atoms with Gasteiger partial charge in [0.05, 0.1) is 5.52 Å². The number of pyridine rings is 1. The lowest BCUT2D eigenvalue weighted by Crippen LogP contribution is -2.55. The molecule has 2 atom stereocenters. The maximum absolute atomic E-state index is 13.0. The second kappa shape index (κ2) is 6.73. The molecule has 1 aromatic carbocycles. The lowest BCUT2D eigenvalue weighted by atomic mass is 10.2. The fraction of sp³-hybridized carbons (Fsp3) is 0.438. The predicted molar refractivity (Wildman–Crippen MR) is 94.5 cm³/mol. The van der Waals surface area contributed by atoms with Gasteiger partial charge in [0.1, 0.15) is 4.90 Å². The summed E-state index contributed by atoms with van der Waals surface area (Å²) in [6.07, 6.45) is 1.71. The van der Waals surface area contributed by atoms with Crippen molar-refractivity contribution in [1.82, 2.24) is 14.6 Å². The molecule has 1 N–H and O–H groups in total. The summed E-state index contributed by atoms with van der Waals surface area (Å²) in [5, 5.41) is 4.21. The molecule has 5 nitrogen and oxygen atoms in total. The van der Waals surface area contributed by atoms with Crippen molar-refractivity contribution in [3.63, 3.8) is 0 Å². The number of aryl methyl sites for hydroxylation is 1. The van der Waals surface area contributed by atoms with Crippen LogP contribution < -0.4 is 5.32 Å². The standard InChI is InChI=1S/C16H21N3O2S.ClH/c1-11-7-14-5-4-6-15(16(14)17-8-11)22(20,21)19-9-12(2)18-13(3)10-19;/h4-8,12-13,18H,9-10H2,1-3H3;1H. The van der Waals surface area contributed by atoms with E-state index in [1.54, 1.807) is 22.6 Å². The maximum atomic E-state index is 13.0. The number of nitrogens with zero attached hydrogens (tertiary/aromatic N) is 2. The molecule has 1 aliphatic rings. The van der Waals surface area contributed by atoms with Crippen molar-refractivity contribution in [1.29, 1.82) is 0 Å². The molecule has 1 aromatic heterocycles. The van der Waals surface area contributed by atoms with E-state index in [0.717, 1.165) is 10.9 Å². The summed E-state index contributed by atoms with van der Waals surface area (Å²) in [7, 11) is -3.54. The topological polar surface area (TPSA) is 62.3 Å². The number of benzene rings is 1. The van der Waals surface area contributed by atoms with Gasteiger partial charge in [0.15, 0.2) is 0 Å². The van der Waals surface area contributed by atoms with Crippen molar-refractivity contribution in [2.75, 3.05) is 13.1 Å². The number of rotatable bonds is 2. The lowest BCUT2D eigenvalue weighted by Gasteiger charge is -2.35. The zero-order chi connectivity index (χ0) is 15.9. The minimum atomic E-state index is -3.54. The fourth-order valence-electron chi connectivity index (χ4n) is 3.06. The Bertz CT molecular complexity index is 800. The quantitative estimate of drug-likeness (QED) is 0.898. The van der Waals surface area contributed by atoms with Gasteiger partial charge in [-0.2, -0.15) is 4.31 Å². The van der Waals surface area contributed by atoms with Crippen molar-refractivity contribution in [2.24, 2.45) is 0 Å². The van der Waals surface area contributed by atoms with Gasteiger partial charge in [0.2, 0.25) is 10.0 Å². The molecule has 7 heteroatoms. The van der Waals surface area contributed by atoms with Gasteiger partial charge in [0, 0.05) is 36.8 Å². The molecule has 2 unspecified atom stereocenters. The van der Waals surface area contributed by atoms with Gasteiger partial charge in [-0.05, 0) is 38.5 Å². The first-order valence-electron chi connectivity index (χ1n) is 7.49. The third kappa shape index (κ3) is 3.50. The average molecular weight is 356 g/mol. The molecule has 0 bridgehead atoms. The molecule has 2 aromatic rings.